The third-order valence-corrected chi connectivity index (χ3v) is 2.00. The van der Waals surface area contributed by atoms with Crippen LogP contribution < -0.4 is 0 Å². The Morgan fingerprint density at radius 3 is 2.33 bits per heavy atom. The van der Waals surface area contributed by atoms with Crippen LogP contribution in [0, 0.1) is 19.7 Å². The van der Waals surface area contributed by atoms with E-state index in [-0.39, 0.29) is 5.82 Å². The minimum absolute atomic E-state index is 0.253. The topological polar surface area (TPSA) is 20.2 Å². The van der Waals surface area contributed by atoms with Crippen molar-refractivity contribution < 1.29 is 9.50 Å². The van der Waals surface area contributed by atoms with E-state index in [1.54, 1.807) is 19.9 Å². The lowest BCUT2D eigenvalue weighted by Gasteiger charge is -2.09. The highest BCUT2D eigenvalue weighted by Crippen LogP contribution is 2.20. The van der Waals surface area contributed by atoms with Crippen molar-refractivity contribution in [3.05, 3.63) is 34.6 Å². The first kappa shape index (κ1) is 9.20. The van der Waals surface area contributed by atoms with Gasteiger partial charge in [-0.3, -0.25) is 0 Å². The van der Waals surface area contributed by atoms with Crippen LogP contribution in [0.4, 0.5) is 4.39 Å². The molecule has 0 radical (unpaired) electrons. The Kier molecular flexibility index (Phi) is 2.48. The molecule has 1 aromatic rings. The first-order valence-electron chi connectivity index (χ1n) is 3.97. The lowest BCUT2D eigenvalue weighted by Crippen LogP contribution is -1.97. The van der Waals surface area contributed by atoms with Crippen LogP contribution in [0.25, 0.3) is 0 Å². The van der Waals surface area contributed by atoms with Gasteiger partial charge in [0, 0.05) is 0 Å². The monoisotopic (exact) mass is 168 g/mol. The minimum Gasteiger partial charge on any atom is -0.389 e. The summed E-state index contributed by atoms with van der Waals surface area (Å²) in [6, 6.07) is 3.15. The fraction of sp³-hybridized carbons (Fsp3) is 0.400. The Hall–Kier alpha value is -0.890. The number of hydrogen-bond acceptors (Lipinski definition) is 1. The van der Waals surface area contributed by atoms with E-state index in [2.05, 4.69) is 0 Å². The zero-order valence-electron chi connectivity index (χ0n) is 7.56. The molecule has 0 spiro atoms. The molecule has 1 aromatic carbocycles. The molecule has 0 aliphatic carbocycles. The number of hydrogen-bond donors (Lipinski definition) is 1. The molecule has 66 valence electrons. The summed E-state index contributed by atoms with van der Waals surface area (Å²) < 4.78 is 13.0. The number of benzene rings is 1. The largest absolute Gasteiger partial charge is 0.389 e. The highest BCUT2D eigenvalue weighted by molar-refractivity contribution is 5.32. The maximum atomic E-state index is 13.0. The maximum Gasteiger partial charge on any atom is 0.126 e. The Morgan fingerprint density at radius 2 is 1.83 bits per heavy atom. The standard InChI is InChI=1S/C10H13FO/c1-6-4-7(2)10(11)5-9(6)8(3)12/h4-5,8,12H,1-3H3. The van der Waals surface area contributed by atoms with Crippen LogP contribution >= 0.6 is 0 Å². The molecule has 0 aromatic heterocycles. The van der Waals surface area contributed by atoms with Gasteiger partial charge in [0.25, 0.3) is 0 Å². The van der Waals surface area contributed by atoms with Crippen molar-refractivity contribution in [1.29, 1.82) is 0 Å². The fourth-order valence-electron chi connectivity index (χ4n) is 1.29. The summed E-state index contributed by atoms with van der Waals surface area (Å²) in [5, 5.41) is 9.25. The molecule has 0 amide bonds. The second kappa shape index (κ2) is 3.23. The second-order valence-corrected chi connectivity index (χ2v) is 3.13. The summed E-state index contributed by atoms with van der Waals surface area (Å²) in [6.45, 7) is 5.22. The van der Waals surface area contributed by atoms with Gasteiger partial charge in [-0.15, -0.1) is 0 Å². The summed E-state index contributed by atoms with van der Waals surface area (Å²) in [5.41, 5.74) is 2.22. The van der Waals surface area contributed by atoms with Crippen LogP contribution in [0.1, 0.15) is 29.7 Å². The van der Waals surface area contributed by atoms with E-state index in [9.17, 15) is 9.50 Å². The number of aliphatic hydroxyl groups excluding tert-OH is 1. The van der Waals surface area contributed by atoms with E-state index < -0.39 is 6.10 Å². The smallest absolute Gasteiger partial charge is 0.126 e. The molecule has 1 N–H and O–H groups in total. The lowest BCUT2D eigenvalue weighted by atomic mass is 10.0. The summed E-state index contributed by atoms with van der Waals surface area (Å²) in [5.74, 6) is -0.253. The van der Waals surface area contributed by atoms with E-state index in [4.69, 9.17) is 0 Å². The molecule has 0 aliphatic heterocycles. The summed E-state index contributed by atoms with van der Waals surface area (Å²) in [4.78, 5) is 0. The Labute approximate surface area is 71.9 Å². The van der Waals surface area contributed by atoms with Crippen LogP contribution in [0.3, 0.4) is 0 Å². The van der Waals surface area contributed by atoms with Gasteiger partial charge in [-0.1, -0.05) is 6.07 Å². The van der Waals surface area contributed by atoms with Crippen LogP contribution in [-0.4, -0.2) is 5.11 Å². The molecule has 1 atom stereocenters. The van der Waals surface area contributed by atoms with Gasteiger partial charge >= 0.3 is 0 Å². The van der Waals surface area contributed by atoms with Gasteiger partial charge in [0.05, 0.1) is 6.10 Å². The molecule has 0 saturated heterocycles. The van der Waals surface area contributed by atoms with Crippen molar-refractivity contribution in [2.75, 3.05) is 0 Å². The second-order valence-electron chi connectivity index (χ2n) is 3.13. The first-order chi connectivity index (χ1) is 5.52. The molecule has 12 heavy (non-hydrogen) atoms. The van der Waals surface area contributed by atoms with Gasteiger partial charge in [0.15, 0.2) is 0 Å². The first-order valence-corrected chi connectivity index (χ1v) is 3.97. The van der Waals surface area contributed by atoms with E-state index in [1.807, 2.05) is 6.92 Å². The lowest BCUT2D eigenvalue weighted by molar-refractivity contribution is 0.198. The molecule has 1 unspecified atom stereocenters. The van der Waals surface area contributed by atoms with Gasteiger partial charge in [0.2, 0.25) is 0 Å². The molecule has 0 bridgehead atoms. The highest BCUT2D eigenvalue weighted by atomic mass is 19.1. The molecule has 0 aliphatic rings. The van der Waals surface area contributed by atoms with E-state index in [0.717, 1.165) is 5.56 Å². The van der Waals surface area contributed by atoms with E-state index in [0.29, 0.717) is 11.1 Å². The average molecular weight is 168 g/mol. The Bertz CT molecular complexity index is 292. The third kappa shape index (κ3) is 1.64. The van der Waals surface area contributed by atoms with Crippen LogP contribution in [0.2, 0.25) is 0 Å². The molecule has 0 fully saturated rings. The van der Waals surface area contributed by atoms with Gasteiger partial charge < -0.3 is 5.11 Å². The SMILES string of the molecule is Cc1cc(C)c(C(C)O)cc1F. The Morgan fingerprint density at radius 1 is 1.25 bits per heavy atom. The van der Waals surface area contributed by atoms with Crippen LogP contribution in [-0.2, 0) is 0 Å². The van der Waals surface area contributed by atoms with Crippen molar-refractivity contribution in [2.24, 2.45) is 0 Å². The van der Waals surface area contributed by atoms with Crippen LogP contribution in [0.5, 0.6) is 0 Å². The van der Waals surface area contributed by atoms with Gasteiger partial charge in [-0.05, 0) is 43.5 Å². The average Bonchev–Trinajstić information content (AvgIpc) is 1.96. The summed E-state index contributed by atoms with van der Waals surface area (Å²) >= 11 is 0. The maximum absolute atomic E-state index is 13.0. The number of aliphatic hydroxyl groups is 1. The quantitative estimate of drug-likeness (QED) is 0.683. The van der Waals surface area contributed by atoms with Crippen molar-refractivity contribution in [3.8, 4) is 0 Å². The predicted octanol–water partition coefficient (Wildman–Crippen LogP) is 2.50. The van der Waals surface area contributed by atoms with E-state index in [1.165, 1.54) is 6.07 Å². The summed E-state index contributed by atoms with van der Waals surface area (Å²) in [7, 11) is 0. The van der Waals surface area contributed by atoms with Crippen LogP contribution in [0.15, 0.2) is 12.1 Å². The fourth-order valence-corrected chi connectivity index (χ4v) is 1.29. The molecule has 0 saturated carbocycles. The van der Waals surface area contributed by atoms with E-state index >= 15 is 0 Å². The highest BCUT2D eigenvalue weighted by Gasteiger charge is 2.07. The van der Waals surface area contributed by atoms with Crippen molar-refractivity contribution >= 4 is 0 Å². The normalized spacial score (nSPS) is 13.1. The molecule has 0 heterocycles. The van der Waals surface area contributed by atoms with Crippen molar-refractivity contribution in [1.82, 2.24) is 0 Å². The summed E-state index contributed by atoms with van der Waals surface area (Å²) in [6.07, 6.45) is -0.597. The van der Waals surface area contributed by atoms with Crippen molar-refractivity contribution in [2.45, 2.75) is 26.9 Å². The number of halogens is 1. The predicted molar refractivity (Wildman–Crippen MR) is 46.5 cm³/mol. The zero-order valence-corrected chi connectivity index (χ0v) is 7.56. The molecule has 1 nitrogen and oxygen atoms in total. The molecular weight excluding hydrogens is 155 g/mol. The Balaban J connectivity index is 3.23. The third-order valence-electron chi connectivity index (χ3n) is 2.00. The minimum atomic E-state index is -0.597. The molecular formula is C10H13FO. The zero-order chi connectivity index (χ0) is 9.30. The van der Waals surface area contributed by atoms with Gasteiger partial charge in [-0.25, -0.2) is 4.39 Å². The molecule has 1 rings (SSSR count). The van der Waals surface area contributed by atoms with Crippen molar-refractivity contribution in [3.63, 3.8) is 0 Å². The number of aryl methyl sites for hydroxylation is 2. The van der Waals surface area contributed by atoms with Gasteiger partial charge in [-0.2, -0.15) is 0 Å². The molecule has 2 heteroatoms. The number of rotatable bonds is 1. The van der Waals surface area contributed by atoms with Gasteiger partial charge in [0.1, 0.15) is 5.82 Å².